The number of hydrogen-bond donors (Lipinski definition) is 2. The monoisotopic (exact) mass is 421 g/mol. The van der Waals surface area contributed by atoms with Crippen molar-refractivity contribution >= 4 is 46.8 Å². The summed E-state index contributed by atoms with van der Waals surface area (Å²) in [5.41, 5.74) is -0.0462. The largest absolute Gasteiger partial charge is 0.323 e. The van der Waals surface area contributed by atoms with Crippen molar-refractivity contribution in [3.8, 4) is 0 Å². The molecule has 1 aromatic carbocycles. The zero-order chi connectivity index (χ0) is 20.2. The third-order valence-corrected chi connectivity index (χ3v) is 7.36. The molecule has 3 heterocycles. The second kappa shape index (κ2) is 7.04. The molecule has 6 nitrogen and oxygen atoms in total. The van der Waals surface area contributed by atoms with Crippen LogP contribution in [0.3, 0.4) is 0 Å². The lowest BCUT2D eigenvalue weighted by Crippen LogP contribution is -2.54. The van der Waals surface area contributed by atoms with Crippen LogP contribution in [0.1, 0.15) is 32.3 Å². The smallest absolute Gasteiger partial charge is 0.250 e. The summed E-state index contributed by atoms with van der Waals surface area (Å²) >= 11 is 8.00. The molecule has 0 aliphatic carbocycles. The van der Waals surface area contributed by atoms with Gasteiger partial charge >= 0.3 is 0 Å². The van der Waals surface area contributed by atoms with Crippen molar-refractivity contribution in [1.29, 1.82) is 0 Å². The van der Waals surface area contributed by atoms with Crippen molar-refractivity contribution in [2.45, 2.75) is 44.3 Å². The number of thioether (sulfide) groups is 1. The van der Waals surface area contributed by atoms with Crippen molar-refractivity contribution in [2.24, 2.45) is 11.8 Å². The van der Waals surface area contributed by atoms with Gasteiger partial charge in [-0.25, -0.2) is 0 Å². The van der Waals surface area contributed by atoms with Crippen molar-refractivity contribution < 1.29 is 14.4 Å². The van der Waals surface area contributed by atoms with Crippen LogP contribution in [0.15, 0.2) is 18.2 Å². The molecule has 3 aliphatic heterocycles. The van der Waals surface area contributed by atoms with Gasteiger partial charge in [0.15, 0.2) is 0 Å². The van der Waals surface area contributed by atoms with Crippen molar-refractivity contribution in [3.63, 3.8) is 0 Å². The number of likely N-dealkylation sites (tertiary alicyclic amines) is 1. The number of nitrogens with one attached hydrogen (secondary N) is 2. The number of carbonyl (C=O) groups is 3. The number of rotatable bonds is 5. The fourth-order valence-corrected chi connectivity index (χ4v) is 5.64. The summed E-state index contributed by atoms with van der Waals surface area (Å²) in [6, 6.07) is 4.89. The normalized spacial score (nSPS) is 32.1. The molecule has 1 spiro atoms. The number of amides is 3. The molecule has 3 amide bonds. The Labute approximate surface area is 173 Å². The fraction of sp³-hybridized carbons (Fsp3) is 0.550. The van der Waals surface area contributed by atoms with E-state index in [-0.39, 0.29) is 29.8 Å². The summed E-state index contributed by atoms with van der Waals surface area (Å²) in [5.74, 6) is -1.17. The molecule has 3 aliphatic rings. The number of benzene rings is 1. The Bertz CT molecular complexity index is 863. The number of hydrogen-bond acceptors (Lipinski definition) is 5. The molecular weight excluding hydrogens is 398 g/mol. The molecule has 0 saturated carbocycles. The van der Waals surface area contributed by atoms with Gasteiger partial charge in [-0.1, -0.05) is 30.7 Å². The van der Waals surface area contributed by atoms with E-state index in [1.807, 2.05) is 26.2 Å². The van der Waals surface area contributed by atoms with Crippen LogP contribution in [0.2, 0.25) is 5.02 Å². The molecular formula is C20H24ClN3O3S. The van der Waals surface area contributed by atoms with Gasteiger partial charge in [-0.05, 0) is 37.8 Å². The van der Waals surface area contributed by atoms with E-state index in [1.54, 1.807) is 23.9 Å². The average molecular weight is 422 g/mol. The Morgan fingerprint density at radius 1 is 1.29 bits per heavy atom. The molecule has 8 heteroatoms. The molecule has 2 fully saturated rings. The standard InChI is InChI=1S/C20H24ClN3O3S/c1-4-10(2)24-17(25)14-13(8-9-28-3)23-20(15(14)18(24)26)11-6-5-7-12(21)16(11)22-19(20)27/h5-7,10,13-15,23H,4,8-9H2,1-3H3,(H,22,27)/t10-,13-,14-,15+,20+/m1/s1. The number of fused-ring (bicyclic) bond motifs is 4. The van der Waals surface area contributed by atoms with Crippen LogP contribution in [0.4, 0.5) is 5.69 Å². The van der Waals surface area contributed by atoms with Crippen molar-refractivity contribution in [1.82, 2.24) is 10.2 Å². The van der Waals surface area contributed by atoms with Crippen LogP contribution in [-0.4, -0.2) is 46.7 Å². The predicted molar refractivity (Wildman–Crippen MR) is 110 cm³/mol. The molecule has 150 valence electrons. The van der Waals surface area contributed by atoms with Crippen LogP contribution < -0.4 is 10.6 Å². The summed E-state index contributed by atoms with van der Waals surface area (Å²) in [6.07, 6.45) is 3.40. The van der Waals surface area contributed by atoms with Gasteiger partial charge < -0.3 is 5.32 Å². The van der Waals surface area contributed by atoms with E-state index < -0.39 is 17.4 Å². The summed E-state index contributed by atoms with van der Waals surface area (Å²) in [4.78, 5) is 41.4. The fourth-order valence-electron chi connectivity index (χ4n) is 4.93. The highest BCUT2D eigenvalue weighted by molar-refractivity contribution is 7.98. The van der Waals surface area contributed by atoms with Gasteiger partial charge in [-0.2, -0.15) is 11.8 Å². The highest BCUT2D eigenvalue weighted by atomic mass is 35.5. The molecule has 0 bridgehead atoms. The van der Waals surface area contributed by atoms with Gasteiger partial charge in [0.25, 0.3) is 0 Å². The minimum atomic E-state index is -1.25. The van der Waals surface area contributed by atoms with Crippen LogP contribution in [-0.2, 0) is 19.9 Å². The van der Waals surface area contributed by atoms with Gasteiger partial charge in [-0.3, -0.25) is 24.6 Å². The topological polar surface area (TPSA) is 78.5 Å². The highest BCUT2D eigenvalue weighted by Crippen LogP contribution is 2.54. The van der Waals surface area contributed by atoms with Gasteiger partial charge in [0.05, 0.1) is 22.5 Å². The summed E-state index contributed by atoms with van der Waals surface area (Å²) in [5, 5.41) is 6.72. The van der Waals surface area contributed by atoms with Gasteiger partial charge in [0, 0.05) is 17.6 Å². The second-order valence-corrected chi connectivity index (χ2v) is 9.16. The highest BCUT2D eigenvalue weighted by Gasteiger charge is 2.70. The molecule has 28 heavy (non-hydrogen) atoms. The zero-order valence-corrected chi connectivity index (χ0v) is 17.7. The summed E-state index contributed by atoms with van der Waals surface area (Å²) < 4.78 is 0. The average Bonchev–Trinajstić information content (AvgIpc) is 3.26. The maximum atomic E-state index is 13.5. The van der Waals surface area contributed by atoms with Gasteiger partial charge in [-0.15, -0.1) is 0 Å². The molecule has 0 aromatic heterocycles. The number of para-hydroxylation sites is 1. The predicted octanol–water partition coefficient (Wildman–Crippen LogP) is 2.61. The number of carbonyl (C=O) groups excluding carboxylic acids is 3. The molecule has 4 rings (SSSR count). The SMILES string of the molecule is CC[C@@H](C)N1C(=O)[C@H]2[C@@H](C1=O)[C@]1(N[C@@H]2CCSC)C(=O)Nc2c(Cl)cccc21. The van der Waals surface area contributed by atoms with Crippen LogP contribution in [0.5, 0.6) is 0 Å². The van der Waals surface area contributed by atoms with E-state index in [0.717, 1.165) is 5.75 Å². The van der Waals surface area contributed by atoms with Crippen molar-refractivity contribution in [2.75, 3.05) is 17.3 Å². The molecule has 2 N–H and O–H groups in total. The quantitative estimate of drug-likeness (QED) is 0.714. The summed E-state index contributed by atoms with van der Waals surface area (Å²) in [6.45, 7) is 3.84. The third-order valence-electron chi connectivity index (χ3n) is 6.40. The van der Waals surface area contributed by atoms with Crippen LogP contribution in [0.25, 0.3) is 0 Å². The lowest BCUT2D eigenvalue weighted by atomic mass is 9.76. The van der Waals surface area contributed by atoms with Gasteiger partial charge in [0.2, 0.25) is 17.7 Å². The van der Waals surface area contributed by atoms with E-state index in [2.05, 4.69) is 10.6 Å². The maximum absolute atomic E-state index is 13.5. The van der Waals surface area contributed by atoms with E-state index in [1.165, 1.54) is 4.90 Å². The zero-order valence-electron chi connectivity index (χ0n) is 16.1. The number of imide groups is 1. The Morgan fingerprint density at radius 3 is 2.71 bits per heavy atom. The minimum absolute atomic E-state index is 0.164. The second-order valence-electron chi connectivity index (χ2n) is 7.76. The van der Waals surface area contributed by atoms with E-state index >= 15 is 0 Å². The number of anilines is 1. The lowest BCUT2D eigenvalue weighted by molar-refractivity contribution is -0.145. The minimum Gasteiger partial charge on any atom is -0.323 e. The Hall–Kier alpha value is -1.57. The van der Waals surface area contributed by atoms with E-state index in [0.29, 0.717) is 29.1 Å². The van der Waals surface area contributed by atoms with Gasteiger partial charge in [0.1, 0.15) is 5.54 Å². The molecule has 5 atom stereocenters. The number of nitrogens with zero attached hydrogens (tertiary/aromatic N) is 1. The third kappa shape index (κ3) is 2.49. The maximum Gasteiger partial charge on any atom is 0.250 e. The van der Waals surface area contributed by atoms with Crippen LogP contribution in [0, 0.1) is 11.8 Å². The first-order valence-electron chi connectivity index (χ1n) is 9.62. The molecule has 1 aromatic rings. The molecule has 0 radical (unpaired) electrons. The Morgan fingerprint density at radius 2 is 2.04 bits per heavy atom. The van der Waals surface area contributed by atoms with E-state index in [4.69, 9.17) is 11.6 Å². The number of halogens is 1. The van der Waals surface area contributed by atoms with Crippen molar-refractivity contribution in [3.05, 3.63) is 28.8 Å². The first kappa shape index (κ1) is 19.7. The first-order chi connectivity index (χ1) is 13.4. The Balaban J connectivity index is 1.86. The molecule has 2 saturated heterocycles. The summed E-state index contributed by atoms with van der Waals surface area (Å²) in [7, 11) is 0. The lowest BCUT2D eigenvalue weighted by Gasteiger charge is -2.31. The molecule has 0 unspecified atom stereocenters. The Kier molecular flexibility index (Phi) is 4.96. The van der Waals surface area contributed by atoms with E-state index in [9.17, 15) is 14.4 Å². The van der Waals surface area contributed by atoms with Crippen LogP contribution >= 0.6 is 23.4 Å². The first-order valence-corrected chi connectivity index (χ1v) is 11.4.